The lowest BCUT2D eigenvalue weighted by molar-refractivity contribution is 0.439. The molecule has 3 unspecified atom stereocenters. The monoisotopic (exact) mass is 295 g/mol. The zero-order valence-electron chi connectivity index (χ0n) is 10.1. The van der Waals surface area contributed by atoms with E-state index in [0.29, 0.717) is 6.04 Å². The Balaban J connectivity index is 1.74. The number of aryl methyl sites for hydroxylation is 1. The van der Waals surface area contributed by atoms with Crippen LogP contribution in [-0.4, -0.2) is 16.0 Å². The Morgan fingerprint density at radius 1 is 1.35 bits per heavy atom. The number of nitrogens with zero attached hydrogens (tertiary/aromatic N) is 2. The van der Waals surface area contributed by atoms with E-state index in [0.717, 1.165) is 34.5 Å². The number of aromatic nitrogens is 2. The Bertz CT molecular complexity index is 421. The van der Waals surface area contributed by atoms with Gasteiger partial charge >= 0.3 is 0 Å². The highest BCUT2D eigenvalue weighted by Crippen LogP contribution is 2.45. The second kappa shape index (κ2) is 4.56. The lowest BCUT2D eigenvalue weighted by atomic mass is 9.95. The van der Waals surface area contributed by atoms with Gasteiger partial charge in [0.25, 0.3) is 0 Å². The topological polar surface area (TPSA) is 37.8 Å². The quantitative estimate of drug-likeness (QED) is 0.869. The Labute approximate surface area is 111 Å². The first kappa shape index (κ1) is 11.5. The molecule has 3 rings (SSSR count). The molecule has 1 aromatic rings. The van der Waals surface area contributed by atoms with Crippen LogP contribution in [0.3, 0.4) is 0 Å². The van der Waals surface area contributed by atoms with E-state index in [9.17, 15) is 0 Å². The van der Waals surface area contributed by atoms with Crippen molar-refractivity contribution in [3.63, 3.8) is 0 Å². The van der Waals surface area contributed by atoms with Crippen molar-refractivity contribution < 1.29 is 0 Å². The third-order valence-electron chi connectivity index (χ3n) is 4.13. The lowest BCUT2D eigenvalue weighted by Gasteiger charge is -2.23. The van der Waals surface area contributed by atoms with Crippen molar-refractivity contribution >= 4 is 21.7 Å². The van der Waals surface area contributed by atoms with E-state index in [2.05, 4.69) is 38.1 Å². The number of nitrogens with one attached hydrogen (secondary N) is 1. The normalized spacial score (nSPS) is 30.8. The summed E-state index contributed by atoms with van der Waals surface area (Å²) in [5, 5.41) is 3.61. The van der Waals surface area contributed by atoms with Gasteiger partial charge in [-0.15, -0.1) is 0 Å². The van der Waals surface area contributed by atoms with Crippen LogP contribution in [0.1, 0.15) is 38.4 Å². The van der Waals surface area contributed by atoms with E-state index in [-0.39, 0.29) is 0 Å². The van der Waals surface area contributed by atoms with Gasteiger partial charge < -0.3 is 5.32 Å². The van der Waals surface area contributed by atoms with Crippen LogP contribution in [0.25, 0.3) is 0 Å². The van der Waals surface area contributed by atoms with Gasteiger partial charge in [0.15, 0.2) is 0 Å². The lowest BCUT2D eigenvalue weighted by Crippen LogP contribution is -2.26. The highest BCUT2D eigenvalue weighted by Gasteiger charge is 2.39. The fraction of sp³-hybridized carbons (Fsp3) is 0.692. The van der Waals surface area contributed by atoms with Gasteiger partial charge in [0.05, 0.1) is 0 Å². The summed E-state index contributed by atoms with van der Waals surface area (Å²) in [6.07, 6.45) is 6.47. The van der Waals surface area contributed by atoms with E-state index in [1.54, 1.807) is 0 Å². The summed E-state index contributed by atoms with van der Waals surface area (Å²) in [6.45, 7) is 2.09. The fourth-order valence-electron chi connectivity index (χ4n) is 3.31. The summed E-state index contributed by atoms with van der Waals surface area (Å²) >= 11 is 3.45. The molecule has 1 N–H and O–H groups in total. The molecule has 0 amide bonds. The molecule has 0 spiro atoms. The zero-order valence-corrected chi connectivity index (χ0v) is 11.7. The summed E-state index contributed by atoms with van der Waals surface area (Å²) < 4.78 is 0.884. The predicted octanol–water partition coefficient (Wildman–Crippen LogP) is 3.40. The van der Waals surface area contributed by atoms with Gasteiger partial charge in [0, 0.05) is 18.5 Å². The van der Waals surface area contributed by atoms with E-state index < -0.39 is 0 Å². The molecule has 1 heterocycles. The van der Waals surface area contributed by atoms with Gasteiger partial charge in [-0.3, -0.25) is 0 Å². The fourth-order valence-corrected chi connectivity index (χ4v) is 3.73. The summed E-state index contributed by atoms with van der Waals surface area (Å²) in [4.78, 5) is 8.89. The molecule has 2 saturated carbocycles. The Morgan fingerprint density at radius 3 is 2.88 bits per heavy atom. The van der Waals surface area contributed by atoms with Crippen LogP contribution >= 0.6 is 15.9 Å². The molecule has 0 aliphatic heterocycles. The standard InChI is InChI=1S/C13H18BrN3/c1-2-12-16-11(14)7-13(17-12)15-10-6-8-3-4-9(10)5-8/h7-10H,2-6H2,1H3,(H,15,16,17). The summed E-state index contributed by atoms with van der Waals surface area (Å²) in [6, 6.07) is 2.63. The third-order valence-corrected chi connectivity index (χ3v) is 4.54. The van der Waals surface area contributed by atoms with Gasteiger partial charge in [0.1, 0.15) is 16.2 Å². The Morgan fingerprint density at radius 2 is 2.24 bits per heavy atom. The smallest absolute Gasteiger partial charge is 0.131 e. The number of hydrogen-bond acceptors (Lipinski definition) is 3. The summed E-state index contributed by atoms with van der Waals surface area (Å²) in [7, 11) is 0. The molecule has 92 valence electrons. The number of fused-ring (bicyclic) bond motifs is 2. The summed E-state index contributed by atoms with van der Waals surface area (Å²) in [5.41, 5.74) is 0. The molecule has 0 saturated heterocycles. The molecule has 4 heteroatoms. The van der Waals surface area contributed by atoms with Crippen molar-refractivity contribution in [2.24, 2.45) is 11.8 Å². The third kappa shape index (κ3) is 2.32. The molecule has 0 radical (unpaired) electrons. The molecule has 2 fully saturated rings. The van der Waals surface area contributed by atoms with Crippen molar-refractivity contribution in [3.8, 4) is 0 Å². The molecular weight excluding hydrogens is 278 g/mol. The SMILES string of the molecule is CCc1nc(Br)cc(NC2CC3CCC2C3)n1. The zero-order chi connectivity index (χ0) is 11.8. The summed E-state index contributed by atoms with van der Waals surface area (Å²) in [5.74, 6) is 3.73. The molecule has 1 aromatic heterocycles. The minimum absolute atomic E-state index is 0.639. The second-order valence-electron chi connectivity index (χ2n) is 5.27. The number of anilines is 1. The van der Waals surface area contributed by atoms with E-state index in [1.807, 2.05) is 6.07 Å². The minimum Gasteiger partial charge on any atom is -0.367 e. The Hall–Kier alpha value is -0.640. The maximum Gasteiger partial charge on any atom is 0.131 e. The molecule has 3 atom stereocenters. The predicted molar refractivity (Wildman–Crippen MR) is 72.0 cm³/mol. The van der Waals surface area contributed by atoms with Crippen molar-refractivity contribution in [2.45, 2.75) is 45.1 Å². The first-order valence-corrected chi connectivity index (χ1v) is 7.34. The average molecular weight is 296 g/mol. The van der Waals surface area contributed by atoms with Crippen molar-refractivity contribution in [1.29, 1.82) is 0 Å². The second-order valence-corrected chi connectivity index (χ2v) is 6.08. The molecule has 17 heavy (non-hydrogen) atoms. The van der Waals surface area contributed by atoms with E-state index in [4.69, 9.17) is 0 Å². The molecule has 2 aliphatic rings. The highest BCUT2D eigenvalue weighted by molar-refractivity contribution is 9.10. The average Bonchev–Trinajstić information content (AvgIpc) is 2.90. The van der Waals surface area contributed by atoms with Crippen LogP contribution in [0.2, 0.25) is 0 Å². The maximum atomic E-state index is 4.55. The largest absolute Gasteiger partial charge is 0.367 e. The van der Waals surface area contributed by atoms with Gasteiger partial charge in [0.2, 0.25) is 0 Å². The van der Waals surface area contributed by atoms with Crippen LogP contribution in [0.4, 0.5) is 5.82 Å². The van der Waals surface area contributed by atoms with Crippen molar-refractivity contribution in [2.75, 3.05) is 5.32 Å². The van der Waals surface area contributed by atoms with Crippen LogP contribution in [0.15, 0.2) is 10.7 Å². The van der Waals surface area contributed by atoms with Crippen LogP contribution < -0.4 is 5.32 Å². The van der Waals surface area contributed by atoms with Crippen molar-refractivity contribution in [1.82, 2.24) is 9.97 Å². The maximum absolute atomic E-state index is 4.55. The first-order valence-electron chi connectivity index (χ1n) is 6.54. The molecular formula is C13H18BrN3. The molecule has 2 aliphatic carbocycles. The molecule has 2 bridgehead atoms. The molecule has 3 nitrogen and oxygen atoms in total. The first-order chi connectivity index (χ1) is 8.24. The Kier molecular flexibility index (Phi) is 3.07. The molecule has 0 aromatic carbocycles. The number of hydrogen-bond donors (Lipinski definition) is 1. The van der Waals surface area contributed by atoms with Crippen LogP contribution in [0.5, 0.6) is 0 Å². The number of halogens is 1. The van der Waals surface area contributed by atoms with E-state index >= 15 is 0 Å². The van der Waals surface area contributed by atoms with Crippen LogP contribution in [0, 0.1) is 11.8 Å². The number of rotatable bonds is 3. The van der Waals surface area contributed by atoms with Gasteiger partial charge in [-0.05, 0) is 47.0 Å². The van der Waals surface area contributed by atoms with Gasteiger partial charge in [-0.1, -0.05) is 13.3 Å². The minimum atomic E-state index is 0.639. The highest BCUT2D eigenvalue weighted by atomic mass is 79.9. The van der Waals surface area contributed by atoms with Gasteiger partial charge in [-0.2, -0.15) is 0 Å². The van der Waals surface area contributed by atoms with Crippen molar-refractivity contribution in [3.05, 3.63) is 16.5 Å². The van der Waals surface area contributed by atoms with E-state index in [1.165, 1.54) is 25.7 Å². The van der Waals surface area contributed by atoms with Crippen LogP contribution in [-0.2, 0) is 6.42 Å². The van der Waals surface area contributed by atoms with Gasteiger partial charge in [-0.25, -0.2) is 9.97 Å².